The molecule has 0 aromatic carbocycles. The van der Waals surface area contributed by atoms with Gasteiger partial charge < -0.3 is 25.2 Å². The minimum Gasteiger partial charge on any atom is -0.478 e. The molecule has 2 heterocycles. The molecule has 2 rings (SSSR count). The number of carbonyl (C=O) groups excluding carboxylic acids is 2. The van der Waals surface area contributed by atoms with Crippen LogP contribution in [0.2, 0.25) is 0 Å². The SMILES string of the molecule is CC(=O)N1CCCCC12OCC(C)(C)[C@H](CNCCCNCCSC(=O)/C=C/C(=O)O)O2. The third-order valence-corrected chi connectivity index (χ3v) is 6.53. The van der Waals surface area contributed by atoms with Crippen LogP contribution in [0.15, 0.2) is 12.2 Å². The Hall–Kier alpha value is -1.46. The summed E-state index contributed by atoms with van der Waals surface area (Å²) in [5, 5.41) is 15.0. The summed E-state index contributed by atoms with van der Waals surface area (Å²) in [6.07, 6.45) is 5.44. The van der Waals surface area contributed by atoms with E-state index in [-0.39, 0.29) is 22.5 Å². The van der Waals surface area contributed by atoms with Gasteiger partial charge in [0, 0.05) is 50.2 Å². The molecule has 2 fully saturated rings. The van der Waals surface area contributed by atoms with Crippen LogP contribution in [-0.2, 0) is 23.9 Å². The van der Waals surface area contributed by atoms with Crippen LogP contribution < -0.4 is 10.6 Å². The van der Waals surface area contributed by atoms with Gasteiger partial charge in [-0.05, 0) is 38.4 Å². The van der Waals surface area contributed by atoms with Crippen molar-refractivity contribution in [1.29, 1.82) is 0 Å². The van der Waals surface area contributed by atoms with E-state index in [1.54, 1.807) is 11.8 Å². The molecule has 0 aromatic heterocycles. The first-order valence-electron chi connectivity index (χ1n) is 11.3. The van der Waals surface area contributed by atoms with Crippen LogP contribution in [0.3, 0.4) is 0 Å². The molecule has 1 spiro atoms. The molecular weight excluding hydrogens is 434 g/mol. The number of ether oxygens (including phenoxy) is 2. The van der Waals surface area contributed by atoms with E-state index in [4.69, 9.17) is 14.6 Å². The molecule has 2 aliphatic rings. The Morgan fingerprint density at radius 3 is 2.62 bits per heavy atom. The molecule has 0 aromatic rings. The van der Waals surface area contributed by atoms with Crippen LogP contribution in [0.5, 0.6) is 0 Å². The lowest BCUT2D eigenvalue weighted by Crippen LogP contribution is -2.65. The highest BCUT2D eigenvalue weighted by Crippen LogP contribution is 2.41. The van der Waals surface area contributed by atoms with Crippen molar-refractivity contribution < 1.29 is 29.0 Å². The summed E-state index contributed by atoms with van der Waals surface area (Å²) in [7, 11) is 0. The standard InChI is InChI=1S/C22H37N3O6S/c1-17(26)25-13-5-4-9-22(25)30-16-21(2,3)18(31-22)15-24-11-6-10-23-12-14-32-20(29)8-7-19(27)28/h7-8,18,23-24H,4-6,9-16H2,1-3H3,(H,27,28)/b8-7+/t18-,22?/m0/s1. The van der Waals surface area contributed by atoms with Crippen LogP contribution in [0.1, 0.15) is 46.5 Å². The number of likely N-dealkylation sites (tertiary alicyclic amines) is 1. The van der Waals surface area contributed by atoms with Gasteiger partial charge in [0.25, 0.3) is 5.91 Å². The van der Waals surface area contributed by atoms with Crippen molar-refractivity contribution in [3.05, 3.63) is 12.2 Å². The molecule has 2 saturated heterocycles. The normalized spacial score (nSPS) is 25.3. The van der Waals surface area contributed by atoms with Crippen LogP contribution >= 0.6 is 11.8 Å². The molecule has 0 radical (unpaired) electrons. The highest BCUT2D eigenvalue weighted by molar-refractivity contribution is 8.14. The van der Waals surface area contributed by atoms with Crippen molar-refractivity contribution in [2.24, 2.45) is 5.41 Å². The van der Waals surface area contributed by atoms with Gasteiger partial charge in [-0.3, -0.25) is 14.5 Å². The highest BCUT2D eigenvalue weighted by Gasteiger charge is 2.51. The number of amides is 1. The first-order chi connectivity index (χ1) is 15.2. The number of hydrogen-bond acceptors (Lipinski definition) is 8. The fourth-order valence-corrected chi connectivity index (χ4v) is 4.44. The number of nitrogens with zero attached hydrogens (tertiary/aromatic N) is 1. The molecule has 32 heavy (non-hydrogen) atoms. The number of aliphatic carboxylic acids is 1. The summed E-state index contributed by atoms with van der Waals surface area (Å²) in [6, 6.07) is 0. The largest absolute Gasteiger partial charge is 0.478 e. The molecular formula is C22H37N3O6S. The summed E-state index contributed by atoms with van der Waals surface area (Å²) in [5.74, 6) is -1.47. The molecule has 0 bridgehead atoms. The topological polar surface area (TPSA) is 117 Å². The third-order valence-electron chi connectivity index (χ3n) is 5.71. The highest BCUT2D eigenvalue weighted by atomic mass is 32.2. The summed E-state index contributed by atoms with van der Waals surface area (Å²) < 4.78 is 12.6. The predicted octanol–water partition coefficient (Wildman–Crippen LogP) is 1.58. The molecule has 182 valence electrons. The molecule has 3 N–H and O–H groups in total. The van der Waals surface area contributed by atoms with Gasteiger partial charge in [0.05, 0.1) is 12.7 Å². The van der Waals surface area contributed by atoms with Gasteiger partial charge in [-0.15, -0.1) is 0 Å². The van der Waals surface area contributed by atoms with E-state index in [9.17, 15) is 14.4 Å². The Balaban J connectivity index is 1.65. The van der Waals surface area contributed by atoms with Crippen molar-refractivity contribution >= 4 is 28.8 Å². The number of carboxylic acid groups (broad SMARTS) is 1. The minimum absolute atomic E-state index is 0.0139. The van der Waals surface area contributed by atoms with Crippen LogP contribution in [0.25, 0.3) is 0 Å². The van der Waals surface area contributed by atoms with Crippen molar-refractivity contribution in [1.82, 2.24) is 15.5 Å². The fraction of sp³-hybridized carbons (Fsp3) is 0.773. The molecule has 1 amide bonds. The van der Waals surface area contributed by atoms with Crippen LogP contribution in [-0.4, -0.2) is 84.1 Å². The summed E-state index contributed by atoms with van der Waals surface area (Å²) in [6.45, 7) is 10.0. The maximum atomic E-state index is 12.1. The zero-order valence-electron chi connectivity index (χ0n) is 19.4. The summed E-state index contributed by atoms with van der Waals surface area (Å²) >= 11 is 1.09. The fourth-order valence-electron chi connectivity index (χ4n) is 3.83. The Labute approximate surface area is 194 Å². The summed E-state index contributed by atoms with van der Waals surface area (Å²) in [5.41, 5.74) is -0.157. The Morgan fingerprint density at radius 1 is 1.16 bits per heavy atom. The molecule has 1 unspecified atom stereocenters. The van der Waals surface area contributed by atoms with E-state index >= 15 is 0 Å². The van der Waals surface area contributed by atoms with Crippen LogP contribution in [0.4, 0.5) is 0 Å². The number of thioether (sulfide) groups is 1. The Bertz CT molecular complexity index is 687. The van der Waals surface area contributed by atoms with Crippen molar-refractivity contribution in [2.45, 2.75) is 58.5 Å². The Morgan fingerprint density at radius 2 is 1.91 bits per heavy atom. The van der Waals surface area contributed by atoms with Crippen molar-refractivity contribution in [3.63, 3.8) is 0 Å². The minimum atomic E-state index is -1.12. The molecule has 0 aliphatic carbocycles. The van der Waals surface area contributed by atoms with Gasteiger partial charge in [0.15, 0.2) is 0 Å². The van der Waals surface area contributed by atoms with E-state index < -0.39 is 11.9 Å². The molecule has 0 saturated carbocycles. The van der Waals surface area contributed by atoms with Gasteiger partial charge in [-0.2, -0.15) is 0 Å². The second-order valence-corrected chi connectivity index (χ2v) is 9.97. The quantitative estimate of drug-likeness (QED) is 0.305. The molecule has 2 aliphatic heterocycles. The predicted molar refractivity (Wildman–Crippen MR) is 123 cm³/mol. The lowest BCUT2D eigenvalue weighted by atomic mass is 9.85. The average molecular weight is 472 g/mol. The summed E-state index contributed by atoms with van der Waals surface area (Å²) in [4.78, 5) is 35.7. The lowest BCUT2D eigenvalue weighted by molar-refractivity contribution is -0.386. The Kier molecular flexibility index (Phi) is 10.6. The number of nitrogens with one attached hydrogen (secondary N) is 2. The lowest BCUT2D eigenvalue weighted by Gasteiger charge is -2.54. The van der Waals surface area contributed by atoms with E-state index in [2.05, 4.69) is 24.5 Å². The number of carbonyl (C=O) groups is 3. The van der Waals surface area contributed by atoms with Crippen molar-refractivity contribution in [3.8, 4) is 0 Å². The van der Waals surface area contributed by atoms with Gasteiger partial charge in [0.1, 0.15) is 0 Å². The smallest absolute Gasteiger partial charge is 0.328 e. The van der Waals surface area contributed by atoms with Crippen molar-refractivity contribution in [2.75, 3.05) is 45.1 Å². The van der Waals surface area contributed by atoms with E-state index in [0.717, 1.165) is 56.3 Å². The maximum Gasteiger partial charge on any atom is 0.328 e. The van der Waals surface area contributed by atoms with Gasteiger partial charge in [0.2, 0.25) is 11.0 Å². The third kappa shape index (κ3) is 8.15. The van der Waals surface area contributed by atoms with E-state index in [1.807, 2.05) is 0 Å². The zero-order valence-corrected chi connectivity index (χ0v) is 20.2. The van der Waals surface area contributed by atoms with Gasteiger partial charge >= 0.3 is 5.97 Å². The maximum absolute atomic E-state index is 12.1. The molecule has 9 nitrogen and oxygen atoms in total. The van der Waals surface area contributed by atoms with E-state index in [1.165, 1.54) is 0 Å². The second-order valence-electron chi connectivity index (χ2n) is 8.87. The zero-order chi connectivity index (χ0) is 23.6. The van der Waals surface area contributed by atoms with E-state index in [0.29, 0.717) is 38.4 Å². The second kappa shape index (κ2) is 12.7. The van der Waals surface area contributed by atoms with Gasteiger partial charge in [-0.1, -0.05) is 25.6 Å². The average Bonchev–Trinajstić information content (AvgIpc) is 2.73. The number of piperidine rings is 1. The number of rotatable bonds is 11. The first-order valence-corrected chi connectivity index (χ1v) is 12.2. The van der Waals surface area contributed by atoms with Gasteiger partial charge in [-0.25, -0.2) is 4.79 Å². The monoisotopic (exact) mass is 471 g/mol. The first kappa shape index (κ1) is 26.8. The number of hydrogen-bond donors (Lipinski definition) is 3. The molecule has 2 atom stereocenters. The molecule has 10 heteroatoms. The van der Waals surface area contributed by atoms with Crippen LogP contribution in [0, 0.1) is 5.41 Å². The number of carboxylic acids is 1.